The van der Waals surface area contributed by atoms with Crippen LogP contribution in [-0.4, -0.2) is 39.9 Å². The number of imide groups is 1. The van der Waals surface area contributed by atoms with Gasteiger partial charge in [0, 0.05) is 16.7 Å². The van der Waals surface area contributed by atoms with Gasteiger partial charge in [-0.1, -0.05) is 42.5 Å². The largest absolute Gasteiger partial charge is 0.488 e. The van der Waals surface area contributed by atoms with Crippen molar-refractivity contribution >= 4 is 73.4 Å². The normalized spacial score (nSPS) is 16.3. The number of rotatable bonds is 6. The lowest BCUT2D eigenvalue weighted by molar-refractivity contribution is -0.136. The SMILES string of the molecule is O=C(CN1C(=O)S/C(=C\c2ccc(OCc3ccc(I)cc3)c(Br)c2)C1=O)N1CCc2ccccc2C1. The molecule has 188 valence electrons. The number of hydrogen-bond acceptors (Lipinski definition) is 5. The summed E-state index contributed by atoms with van der Waals surface area (Å²) in [5, 5.41) is -0.432. The number of nitrogens with zero attached hydrogens (tertiary/aromatic N) is 2. The second-order valence-corrected chi connectivity index (χ2v) is 11.8. The van der Waals surface area contributed by atoms with Crippen LogP contribution in [0.1, 0.15) is 22.3 Å². The quantitative estimate of drug-likeness (QED) is 0.226. The van der Waals surface area contributed by atoms with Crippen LogP contribution in [0.25, 0.3) is 6.08 Å². The molecule has 2 heterocycles. The Kier molecular flexibility index (Phi) is 8.01. The van der Waals surface area contributed by atoms with Gasteiger partial charge < -0.3 is 9.64 Å². The summed E-state index contributed by atoms with van der Waals surface area (Å²) >= 11 is 6.65. The zero-order valence-electron chi connectivity index (χ0n) is 19.7. The molecule has 1 fully saturated rings. The molecule has 37 heavy (non-hydrogen) atoms. The van der Waals surface area contributed by atoms with Crippen molar-refractivity contribution in [3.63, 3.8) is 0 Å². The second kappa shape index (κ2) is 11.4. The lowest BCUT2D eigenvalue weighted by atomic mass is 10.00. The maximum absolute atomic E-state index is 13.0. The molecular weight excluding hydrogens is 667 g/mol. The van der Waals surface area contributed by atoms with E-state index in [2.05, 4.69) is 44.6 Å². The van der Waals surface area contributed by atoms with E-state index in [1.165, 1.54) is 5.56 Å². The van der Waals surface area contributed by atoms with Crippen LogP contribution in [0, 0.1) is 3.57 Å². The van der Waals surface area contributed by atoms with Crippen LogP contribution >= 0.6 is 50.3 Å². The molecule has 3 aromatic rings. The first kappa shape index (κ1) is 26.0. The first-order valence-corrected chi connectivity index (χ1v) is 14.3. The van der Waals surface area contributed by atoms with Crippen molar-refractivity contribution in [1.29, 1.82) is 0 Å². The highest BCUT2D eigenvalue weighted by Crippen LogP contribution is 2.34. The molecule has 0 saturated carbocycles. The highest BCUT2D eigenvalue weighted by atomic mass is 127. The molecule has 5 rings (SSSR count). The zero-order chi connectivity index (χ0) is 25.9. The smallest absolute Gasteiger partial charge is 0.294 e. The molecule has 0 atom stereocenters. The second-order valence-electron chi connectivity index (χ2n) is 8.71. The number of thioether (sulfide) groups is 1. The average molecular weight is 689 g/mol. The standard InChI is InChI=1S/C28H22BrIN2O4S/c29-23-13-19(7-10-24(23)36-17-18-5-8-22(30)9-6-18)14-25-27(34)32(28(35)37-25)16-26(33)31-12-11-20-3-1-2-4-21(20)15-31/h1-10,13-14H,11-12,15-17H2/b25-14-. The minimum absolute atomic E-state index is 0.226. The van der Waals surface area contributed by atoms with Gasteiger partial charge in [-0.15, -0.1) is 0 Å². The Morgan fingerprint density at radius 3 is 2.57 bits per heavy atom. The molecule has 0 spiro atoms. The van der Waals surface area contributed by atoms with Crippen molar-refractivity contribution in [3.8, 4) is 5.75 Å². The van der Waals surface area contributed by atoms with Gasteiger partial charge in [0.2, 0.25) is 5.91 Å². The lowest BCUT2D eigenvalue weighted by Crippen LogP contribution is -2.44. The summed E-state index contributed by atoms with van der Waals surface area (Å²) < 4.78 is 7.83. The summed E-state index contributed by atoms with van der Waals surface area (Å²) in [6, 6.07) is 21.6. The molecule has 0 aliphatic carbocycles. The highest BCUT2D eigenvalue weighted by Gasteiger charge is 2.37. The number of carbonyl (C=O) groups is 3. The Labute approximate surface area is 241 Å². The fourth-order valence-electron chi connectivity index (χ4n) is 4.20. The van der Waals surface area contributed by atoms with E-state index >= 15 is 0 Å². The molecule has 0 aromatic heterocycles. The van der Waals surface area contributed by atoms with Gasteiger partial charge in [-0.25, -0.2) is 0 Å². The minimum Gasteiger partial charge on any atom is -0.488 e. The van der Waals surface area contributed by atoms with Crippen molar-refractivity contribution in [2.75, 3.05) is 13.1 Å². The highest BCUT2D eigenvalue weighted by molar-refractivity contribution is 14.1. The summed E-state index contributed by atoms with van der Waals surface area (Å²) in [5.74, 6) is 0.00357. The zero-order valence-corrected chi connectivity index (χ0v) is 24.2. The monoisotopic (exact) mass is 688 g/mol. The van der Waals surface area contributed by atoms with Crippen molar-refractivity contribution in [3.05, 3.63) is 102 Å². The van der Waals surface area contributed by atoms with Gasteiger partial charge in [0.1, 0.15) is 18.9 Å². The van der Waals surface area contributed by atoms with Crippen molar-refractivity contribution < 1.29 is 19.1 Å². The molecular formula is C28H22BrIN2O4S. The van der Waals surface area contributed by atoms with Crippen LogP contribution in [-0.2, 0) is 29.2 Å². The predicted octanol–water partition coefficient (Wildman–Crippen LogP) is 6.25. The van der Waals surface area contributed by atoms with Gasteiger partial charge in [0.25, 0.3) is 11.1 Å². The minimum atomic E-state index is -0.448. The van der Waals surface area contributed by atoms with Crippen molar-refractivity contribution in [2.45, 2.75) is 19.6 Å². The van der Waals surface area contributed by atoms with E-state index in [1.54, 1.807) is 11.0 Å². The van der Waals surface area contributed by atoms with Gasteiger partial charge >= 0.3 is 0 Å². The van der Waals surface area contributed by atoms with Crippen LogP contribution in [0.5, 0.6) is 5.75 Å². The van der Waals surface area contributed by atoms with Crippen LogP contribution in [0.3, 0.4) is 0 Å². The number of benzene rings is 3. The maximum atomic E-state index is 13.0. The van der Waals surface area contributed by atoms with Crippen molar-refractivity contribution in [1.82, 2.24) is 9.80 Å². The fraction of sp³-hybridized carbons (Fsp3) is 0.179. The number of fused-ring (bicyclic) bond motifs is 1. The Balaban J connectivity index is 1.22. The maximum Gasteiger partial charge on any atom is 0.294 e. The molecule has 0 radical (unpaired) electrons. The average Bonchev–Trinajstić information content (AvgIpc) is 3.16. The summed E-state index contributed by atoms with van der Waals surface area (Å²) in [7, 11) is 0. The van der Waals surface area contributed by atoms with E-state index in [4.69, 9.17) is 4.74 Å². The molecule has 9 heteroatoms. The third-order valence-corrected chi connectivity index (χ3v) is 8.46. The van der Waals surface area contributed by atoms with Gasteiger partial charge in [0.05, 0.1) is 9.38 Å². The Morgan fingerprint density at radius 2 is 1.81 bits per heavy atom. The van der Waals surface area contributed by atoms with Gasteiger partial charge in [-0.2, -0.15) is 0 Å². The van der Waals surface area contributed by atoms with Crippen molar-refractivity contribution in [2.24, 2.45) is 0 Å². The van der Waals surface area contributed by atoms with Gasteiger partial charge in [-0.05, 0) is 109 Å². The third-order valence-electron chi connectivity index (χ3n) is 6.21. The summed E-state index contributed by atoms with van der Waals surface area (Å²) in [4.78, 5) is 41.5. The molecule has 2 aliphatic heterocycles. The molecule has 2 aliphatic rings. The molecule has 0 unspecified atom stereocenters. The van der Waals surface area contributed by atoms with E-state index in [-0.39, 0.29) is 12.5 Å². The summed E-state index contributed by atoms with van der Waals surface area (Å²) in [6.07, 6.45) is 2.43. The van der Waals surface area contributed by atoms with Crippen LogP contribution in [0.2, 0.25) is 0 Å². The molecule has 1 saturated heterocycles. The van der Waals surface area contributed by atoms with Gasteiger partial charge in [-0.3, -0.25) is 19.3 Å². The van der Waals surface area contributed by atoms with E-state index in [9.17, 15) is 14.4 Å². The first-order valence-electron chi connectivity index (χ1n) is 11.6. The Morgan fingerprint density at radius 1 is 1.05 bits per heavy atom. The lowest BCUT2D eigenvalue weighted by Gasteiger charge is -2.29. The summed E-state index contributed by atoms with van der Waals surface area (Å²) in [5.41, 5.74) is 4.15. The first-order chi connectivity index (χ1) is 17.9. The van der Waals surface area contributed by atoms with E-state index < -0.39 is 11.1 Å². The summed E-state index contributed by atoms with van der Waals surface area (Å²) in [6.45, 7) is 1.25. The molecule has 3 aromatic carbocycles. The molecule has 3 amide bonds. The molecule has 0 bridgehead atoms. The predicted molar refractivity (Wildman–Crippen MR) is 156 cm³/mol. The number of hydrogen-bond donors (Lipinski definition) is 0. The molecule has 6 nitrogen and oxygen atoms in total. The number of amides is 3. The number of halogens is 2. The number of carbonyl (C=O) groups excluding carboxylic acids is 3. The van der Waals surface area contributed by atoms with Crippen LogP contribution in [0.15, 0.2) is 76.1 Å². The fourth-order valence-corrected chi connectivity index (χ4v) is 5.91. The topological polar surface area (TPSA) is 66.9 Å². The third kappa shape index (κ3) is 6.10. The van der Waals surface area contributed by atoms with E-state index in [0.717, 1.165) is 47.8 Å². The van der Waals surface area contributed by atoms with Gasteiger partial charge in [0.15, 0.2) is 0 Å². The van der Waals surface area contributed by atoms with Crippen LogP contribution in [0.4, 0.5) is 4.79 Å². The van der Waals surface area contributed by atoms with Crippen LogP contribution < -0.4 is 4.74 Å². The number of ether oxygens (including phenoxy) is 1. The van der Waals surface area contributed by atoms with E-state index in [0.29, 0.717) is 30.4 Å². The Hall–Kier alpha value is -2.63. The molecule has 0 N–H and O–H groups in total. The van der Waals surface area contributed by atoms with E-state index in [1.807, 2.05) is 60.7 Å². The Bertz CT molecular complexity index is 1410.